The van der Waals surface area contributed by atoms with Gasteiger partial charge in [0, 0.05) is 29.9 Å². The van der Waals surface area contributed by atoms with Crippen molar-refractivity contribution < 1.29 is 13.5 Å². The second kappa shape index (κ2) is 6.34. The average Bonchev–Trinajstić information content (AvgIpc) is 2.86. The van der Waals surface area contributed by atoms with Gasteiger partial charge in [-0.05, 0) is 46.0 Å². The van der Waals surface area contributed by atoms with Crippen LogP contribution in [0, 0.1) is 12.3 Å². The van der Waals surface area contributed by atoms with Gasteiger partial charge in [0.05, 0.1) is 6.61 Å². The highest BCUT2D eigenvalue weighted by Crippen LogP contribution is 2.35. The maximum atomic E-state index is 12.6. The zero-order chi connectivity index (χ0) is 15.7. The molecule has 21 heavy (non-hydrogen) atoms. The number of hydrogen-bond donors (Lipinski definition) is 1. The van der Waals surface area contributed by atoms with E-state index in [4.69, 9.17) is 0 Å². The Kier molecular flexibility index (Phi) is 5.10. The highest BCUT2D eigenvalue weighted by Gasteiger charge is 2.38. The van der Waals surface area contributed by atoms with Crippen molar-refractivity contribution in [2.45, 2.75) is 24.0 Å². The number of piperidine rings is 1. The topological polar surface area (TPSA) is 60.9 Å². The quantitative estimate of drug-likeness (QED) is 0.885. The molecule has 1 aliphatic rings. The predicted octanol–water partition coefficient (Wildman–Crippen LogP) is 1.38. The molecule has 7 heteroatoms. The van der Waals surface area contributed by atoms with Crippen molar-refractivity contribution >= 4 is 21.4 Å². The van der Waals surface area contributed by atoms with Crippen LogP contribution in [0.25, 0.3) is 0 Å². The van der Waals surface area contributed by atoms with Crippen molar-refractivity contribution in [3.8, 4) is 0 Å². The van der Waals surface area contributed by atoms with E-state index in [1.165, 1.54) is 11.3 Å². The SMILES string of the molecule is Cc1ccc(S(=O)(=O)N2CCC(CO)(CN(C)C)CC2)s1. The van der Waals surface area contributed by atoms with Crippen molar-refractivity contribution in [2.75, 3.05) is 40.3 Å². The van der Waals surface area contributed by atoms with Crippen molar-refractivity contribution in [3.05, 3.63) is 17.0 Å². The summed E-state index contributed by atoms with van der Waals surface area (Å²) in [6, 6.07) is 3.52. The molecule has 1 fully saturated rings. The predicted molar refractivity (Wildman–Crippen MR) is 85.1 cm³/mol. The van der Waals surface area contributed by atoms with E-state index in [-0.39, 0.29) is 12.0 Å². The second-order valence-corrected chi connectivity index (χ2v) is 9.62. The van der Waals surface area contributed by atoms with Gasteiger partial charge < -0.3 is 10.0 Å². The Hall–Kier alpha value is -0.470. The maximum Gasteiger partial charge on any atom is 0.252 e. The number of aliphatic hydroxyl groups excluding tert-OH is 1. The third-order valence-corrected chi connectivity index (χ3v) is 7.45. The molecule has 5 nitrogen and oxygen atoms in total. The lowest BCUT2D eigenvalue weighted by atomic mass is 9.79. The minimum Gasteiger partial charge on any atom is -0.396 e. The van der Waals surface area contributed by atoms with E-state index in [0.717, 1.165) is 11.4 Å². The molecule has 0 radical (unpaired) electrons. The molecule has 0 spiro atoms. The molecule has 0 atom stereocenters. The molecule has 1 aromatic heterocycles. The summed E-state index contributed by atoms with van der Waals surface area (Å²) >= 11 is 1.32. The number of nitrogens with zero attached hydrogens (tertiary/aromatic N) is 2. The van der Waals surface area contributed by atoms with Crippen LogP contribution in [-0.2, 0) is 10.0 Å². The average molecular weight is 332 g/mol. The molecular weight excluding hydrogens is 308 g/mol. The van der Waals surface area contributed by atoms with Gasteiger partial charge in [-0.3, -0.25) is 0 Å². The summed E-state index contributed by atoms with van der Waals surface area (Å²) in [5.41, 5.74) is -0.180. The van der Waals surface area contributed by atoms with Gasteiger partial charge >= 0.3 is 0 Å². The Morgan fingerprint density at radius 3 is 2.38 bits per heavy atom. The lowest BCUT2D eigenvalue weighted by Crippen LogP contribution is -2.48. The molecule has 2 heterocycles. The van der Waals surface area contributed by atoms with Crippen LogP contribution in [-0.4, -0.2) is 63.1 Å². The smallest absolute Gasteiger partial charge is 0.252 e. The molecule has 1 aromatic rings. The molecule has 0 bridgehead atoms. The molecule has 120 valence electrons. The van der Waals surface area contributed by atoms with Crippen LogP contribution in [0.1, 0.15) is 17.7 Å². The fraction of sp³-hybridized carbons (Fsp3) is 0.714. The van der Waals surface area contributed by atoms with Crippen LogP contribution >= 0.6 is 11.3 Å². The standard InChI is InChI=1S/C14H24N2O3S2/c1-12-4-5-13(20-12)21(18,19)16-8-6-14(11-17,7-9-16)10-15(2)3/h4-5,17H,6-11H2,1-3H3. The van der Waals surface area contributed by atoms with Crippen LogP contribution in [0.3, 0.4) is 0 Å². The molecule has 0 aromatic carbocycles. The number of rotatable bonds is 5. The number of thiophene rings is 1. The van der Waals surface area contributed by atoms with Gasteiger partial charge in [-0.15, -0.1) is 11.3 Å². The molecule has 1 N–H and O–H groups in total. The van der Waals surface area contributed by atoms with Crippen LogP contribution in [0.2, 0.25) is 0 Å². The number of aryl methyl sites for hydroxylation is 1. The second-order valence-electron chi connectivity index (χ2n) is 6.17. The summed E-state index contributed by atoms with van der Waals surface area (Å²) in [6.07, 6.45) is 1.40. The Morgan fingerprint density at radius 1 is 1.33 bits per heavy atom. The van der Waals surface area contributed by atoms with E-state index >= 15 is 0 Å². The largest absolute Gasteiger partial charge is 0.396 e. The van der Waals surface area contributed by atoms with E-state index in [1.54, 1.807) is 10.4 Å². The Balaban J connectivity index is 2.10. The minimum atomic E-state index is -3.37. The normalized spacial score (nSPS) is 20.0. The van der Waals surface area contributed by atoms with Gasteiger partial charge in [0.2, 0.25) is 0 Å². The first-order valence-electron chi connectivity index (χ1n) is 7.11. The third kappa shape index (κ3) is 3.65. The minimum absolute atomic E-state index is 0.108. The zero-order valence-corrected chi connectivity index (χ0v) is 14.5. The molecule has 0 aliphatic carbocycles. The first-order chi connectivity index (χ1) is 9.79. The van der Waals surface area contributed by atoms with Gasteiger partial charge in [-0.2, -0.15) is 4.31 Å². The molecule has 0 unspecified atom stereocenters. The first kappa shape index (κ1) is 16.9. The molecule has 0 amide bonds. The first-order valence-corrected chi connectivity index (χ1v) is 9.37. The molecule has 0 saturated carbocycles. The Morgan fingerprint density at radius 2 is 1.95 bits per heavy atom. The third-order valence-electron chi connectivity index (χ3n) is 4.08. The van der Waals surface area contributed by atoms with E-state index in [1.807, 2.05) is 27.1 Å². The van der Waals surface area contributed by atoms with Crippen molar-refractivity contribution in [1.82, 2.24) is 9.21 Å². The summed E-state index contributed by atoms with van der Waals surface area (Å²) in [5, 5.41) is 9.71. The summed E-state index contributed by atoms with van der Waals surface area (Å²) in [4.78, 5) is 3.06. The van der Waals surface area contributed by atoms with E-state index < -0.39 is 10.0 Å². The van der Waals surface area contributed by atoms with Gasteiger partial charge in [-0.1, -0.05) is 0 Å². The number of hydrogen-bond acceptors (Lipinski definition) is 5. The fourth-order valence-electron chi connectivity index (χ4n) is 2.92. The van der Waals surface area contributed by atoms with Crippen molar-refractivity contribution in [2.24, 2.45) is 5.41 Å². The highest BCUT2D eigenvalue weighted by atomic mass is 32.2. The monoisotopic (exact) mass is 332 g/mol. The van der Waals surface area contributed by atoms with Gasteiger partial charge in [0.25, 0.3) is 10.0 Å². The van der Waals surface area contributed by atoms with E-state index in [2.05, 4.69) is 4.90 Å². The Labute approximate surface area is 131 Å². The van der Waals surface area contributed by atoms with Crippen LogP contribution in [0.15, 0.2) is 16.3 Å². The lowest BCUT2D eigenvalue weighted by molar-refractivity contribution is 0.0442. The van der Waals surface area contributed by atoms with Crippen LogP contribution in [0.5, 0.6) is 0 Å². The summed E-state index contributed by atoms with van der Waals surface area (Å²) in [7, 11) is 0.591. The zero-order valence-electron chi connectivity index (χ0n) is 12.9. The van der Waals surface area contributed by atoms with Crippen molar-refractivity contribution in [3.63, 3.8) is 0 Å². The highest BCUT2D eigenvalue weighted by molar-refractivity contribution is 7.91. The van der Waals surface area contributed by atoms with Gasteiger partial charge in [-0.25, -0.2) is 8.42 Å². The molecular formula is C14H24N2O3S2. The van der Waals surface area contributed by atoms with E-state index in [0.29, 0.717) is 30.1 Å². The van der Waals surface area contributed by atoms with Gasteiger partial charge in [0.15, 0.2) is 0 Å². The van der Waals surface area contributed by atoms with Crippen molar-refractivity contribution in [1.29, 1.82) is 0 Å². The lowest BCUT2D eigenvalue weighted by Gasteiger charge is -2.41. The molecule has 2 rings (SSSR count). The number of aliphatic hydroxyl groups is 1. The van der Waals surface area contributed by atoms with Crippen LogP contribution in [0.4, 0.5) is 0 Å². The maximum absolute atomic E-state index is 12.6. The number of sulfonamides is 1. The van der Waals surface area contributed by atoms with Crippen LogP contribution < -0.4 is 0 Å². The van der Waals surface area contributed by atoms with E-state index in [9.17, 15) is 13.5 Å². The summed E-state index contributed by atoms with van der Waals surface area (Å²) in [5.74, 6) is 0. The summed E-state index contributed by atoms with van der Waals surface area (Å²) in [6.45, 7) is 3.77. The fourth-order valence-corrected chi connectivity index (χ4v) is 5.80. The molecule has 1 saturated heterocycles. The Bertz CT molecular complexity index is 573. The van der Waals surface area contributed by atoms with Gasteiger partial charge in [0.1, 0.15) is 4.21 Å². The molecule has 1 aliphatic heterocycles. The summed E-state index contributed by atoms with van der Waals surface area (Å²) < 4.78 is 27.1.